The van der Waals surface area contributed by atoms with Crippen molar-refractivity contribution in [3.8, 4) is 33.4 Å². The van der Waals surface area contributed by atoms with Crippen molar-refractivity contribution < 1.29 is 4.42 Å². The van der Waals surface area contributed by atoms with E-state index in [4.69, 9.17) is 4.42 Å². The van der Waals surface area contributed by atoms with Gasteiger partial charge in [0.2, 0.25) is 0 Å². The molecule has 0 radical (unpaired) electrons. The van der Waals surface area contributed by atoms with Gasteiger partial charge in [-0.3, -0.25) is 0 Å². The minimum atomic E-state index is 0.916. The molecule has 1 nitrogen and oxygen atoms in total. The molecule has 0 N–H and O–H groups in total. The Morgan fingerprint density at radius 1 is 0.298 bits per heavy atom. The molecular formula is C46H28O. The van der Waals surface area contributed by atoms with E-state index < -0.39 is 0 Å². The van der Waals surface area contributed by atoms with Crippen LogP contribution in [-0.2, 0) is 0 Å². The van der Waals surface area contributed by atoms with Crippen LogP contribution in [-0.4, -0.2) is 0 Å². The zero-order valence-corrected chi connectivity index (χ0v) is 25.6. The molecule has 0 bridgehead atoms. The average Bonchev–Trinajstić information content (AvgIpc) is 3.52. The molecule has 0 atom stereocenters. The van der Waals surface area contributed by atoms with Gasteiger partial charge in [-0.05, 0) is 83.5 Å². The highest BCUT2D eigenvalue weighted by molar-refractivity contribution is 6.25. The van der Waals surface area contributed by atoms with E-state index in [1.54, 1.807) is 0 Å². The van der Waals surface area contributed by atoms with Crippen LogP contribution in [0.4, 0.5) is 0 Å². The molecule has 1 aromatic heterocycles. The average molecular weight is 597 g/mol. The molecule has 0 aliphatic carbocycles. The Morgan fingerprint density at radius 3 is 1.55 bits per heavy atom. The number of hydrogen-bond acceptors (Lipinski definition) is 1. The van der Waals surface area contributed by atoms with Crippen molar-refractivity contribution in [2.75, 3.05) is 0 Å². The number of para-hydroxylation sites is 2. The van der Waals surface area contributed by atoms with Gasteiger partial charge in [-0.2, -0.15) is 0 Å². The number of benzene rings is 9. The highest BCUT2D eigenvalue weighted by Gasteiger charge is 2.21. The van der Waals surface area contributed by atoms with Crippen LogP contribution in [0.25, 0.3) is 98.4 Å². The van der Waals surface area contributed by atoms with E-state index in [9.17, 15) is 0 Å². The number of rotatable bonds is 3. The molecule has 10 rings (SSSR count). The van der Waals surface area contributed by atoms with Gasteiger partial charge in [-0.25, -0.2) is 0 Å². The maximum atomic E-state index is 6.58. The monoisotopic (exact) mass is 596 g/mol. The van der Waals surface area contributed by atoms with Gasteiger partial charge in [0.25, 0.3) is 0 Å². The predicted molar refractivity (Wildman–Crippen MR) is 200 cm³/mol. The van der Waals surface area contributed by atoms with Gasteiger partial charge in [0.1, 0.15) is 11.2 Å². The van der Waals surface area contributed by atoms with Crippen LogP contribution in [0.1, 0.15) is 0 Å². The first-order chi connectivity index (χ1) is 23.3. The highest BCUT2D eigenvalue weighted by Crippen LogP contribution is 2.47. The molecule has 0 aliphatic rings. The maximum Gasteiger partial charge on any atom is 0.143 e. The summed E-state index contributed by atoms with van der Waals surface area (Å²) in [5.41, 5.74) is 9.15. The summed E-state index contributed by atoms with van der Waals surface area (Å²) in [5, 5.41) is 12.2. The van der Waals surface area contributed by atoms with Crippen molar-refractivity contribution >= 4 is 65.0 Å². The number of furan rings is 1. The lowest BCUT2D eigenvalue weighted by molar-refractivity contribution is 0.670. The lowest BCUT2D eigenvalue weighted by atomic mass is 9.84. The smallest absolute Gasteiger partial charge is 0.143 e. The Labute approximate surface area is 271 Å². The largest absolute Gasteiger partial charge is 0.455 e. The molecule has 0 amide bonds. The second-order valence-electron chi connectivity index (χ2n) is 12.4. The van der Waals surface area contributed by atoms with Crippen molar-refractivity contribution in [1.29, 1.82) is 0 Å². The van der Waals surface area contributed by atoms with E-state index in [2.05, 4.69) is 164 Å². The van der Waals surface area contributed by atoms with Crippen LogP contribution in [0.5, 0.6) is 0 Å². The van der Waals surface area contributed by atoms with Crippen molar-refractivity contribution in [3.63, 3.8) is 0 Å². The van der Waals surface area contributed by atoms with Crippen LogP contribution in [0.2, 0.25) is 0 Å². The van der Waals surface area contributed by atoms with E-state index in [-0.39, 0.29) is 0 Å². The van der Waals surface area contributed by atoms with Crippen LogP contribution >= 0.6 is 0 Å². The fourth-order valence-electron chi connectivity index (χ4n) is 7.70. The molecular weight excluding hydrogens is 569 g/mol. The summed E-state index contributed by atoms with van der Waals surface area (Å²) < 4.78 is 6.58. The molecule has 47 heavy (non-hydrogen) atoms. The lowest BCUT2D eigenvalue weighted by Gasteiger charge is -2.19. The quantitative estimate of drug-likeness (QED) is 0.185. The first-order valence-electron chi connectivity index (χ1n) is 16.2. The SMILES string of the molecule is c1ccc2cc(-c3ccc4c(-c5c6ccccc6c(-c6cccc7c6oc6ccccc67)c6ccccc56)cccc4c3)ccc2c1. The summed E-state index contributed by atoms with van der Waals surface area (Å²) in [6, 6.07) is 61.6. The number of hydrogen-bond donors (Lipinski definition) is 0. The third-order valence-electron chi connectivity index (χ3n) is 9.84. The van der Waals surface area contributed by atoms with E-state index in [0.717, 1.165) is 27.5 Å². The summed E-state index contributed by atoms with van der Waals surface area (Å²) in [4.78, 5) is 0. The molecule has 0 unspecified atom stereocenters. The summed E-state index contributed by atoms with van der Waals surface area (Å²) in [6.07, 6.45) is 0. The zero-order chi connectivity index (χ0) is 30.9. The van der Waals surface area contributed by atoms with E-state index in [1.807, 2.05) is 6.07 Å². The molecule has 9 aromatic carbocycles. The van der Waals surface area contributed by atoms with Crippen LogP contribution < -0.4 is 0 Å². The van der Waals surface area contributed by atoms with E-state index >= 15 is 0 Å². The molecule has 0 saturated heterocycles. The van der Waals surface area contributed by atoms with Crippen molar-refractivity contribution in [3.05, 3.63) is 170 Å². The van der Waals surface area contributed by atoms with E-state index in [1.165, 1.54) is 70.9 Å². The Morgan fingerprint density at radius 2 is 0.809 bits per heavy atom. The third-order valence-corrected chi connectivity index (χ3v) is 9.84. The van der Waals surface area contributed by atoms with Gasteiger partial charge < -0.3 is 4.42 Å². The Balaban J connectivity index is 1.24. The summed E-state index contributed by atoms with van der Waals surface area (Å²) in [7, 11) is 0. The maximum absolute atomic E-state index is 6.58. The fraction of sp³-hybridized carbons (Fsp3) is 0. The van der Waals surface area contributed by atoms with Gasteiger partial charge >= 0.3 is 0 Å². The molecule has 218 valence electrons. The second kappa shape index (κ2) is 10.2. The second-order valence-corrected chi connectivity index (χ2v) is 12.4. The highest BCUT2D eigenvalue weighted by atomic mass is 16.3. The molecule has 0 spiro atoms. The first kappa shape index (κ1) is 26.1. The Bertz CT molecular complexity index is 2800. The minimum Gasteiger partial charge on any atom is -0.455 e. The van der Waals surface area contributed by atoms with Gasteiger partial charge in [-0.15, -0.1) is 0 Å². The molecule has 0 saturated carbocycles. The van der Waals surface area contributed by atoms with Crippen LogP contribution in [0.15, 0.2) is 174 Å². The number of fused-ring (bicyclic) bond motifs is 7. The van der Waals surface area contributed by atoms with E-state index in [0.29, 0.717) is 0 Å². The van der Waals surface area contributed by atoms with Gasteiger partial charge in [0.15, 0.2) is 0 Å². The standard InChI is InChI=1S/C46H28O/c1-2-12-30-27-31(24-23-29(30)11-1)32-25-26-34-33(28-32)13-9-19-36(34)44-37-15-3-5-17-39(37)45(40-18-6-4-16-38(40)44)42-21-10-20-41-35-14-7-8-22-43(35)47-46(41)42/h1-28H. The topological polar surface area (TPSA) is 13.1 Å². The normalized spacial score (nSPS) is 11.8. The van der Waals surface area contributed by atoms with Crippen molar-refractivity contribution in [2.45, 2.75) is 0 Å². The minimum absolute atomic E-state index is 0.916. The van der Waals surface area contributed by atoms with Crippen LogP contribution in [0.3, 0.4) is 0 Å². The molecule has 0 fully saturated rings. The van der Waals surface area contributed by atoms with Gasteiger partial charge in [-0.1, -0.05) is 152 Å². The third kappa shape index (κ3) is 3.97. The Kier molecular flexibility index (Phi) is 5.64. The molecule has 1 heterocycles. The van der Waals surface area contributed by atoms with Gasteiger partial charge in [0.05, 0.1) is 0 Å². The Hall–Kier alpha value is -6.18. The fourth-order valence-corrected chi connectivity index (χ4v) is 7.70. The molecule has 10 aromatic rings. The summed E-state index contributed by atoms with van der Waals surface area (Å²) in [5.74, 6) is 0. The molecule has 0 aliphatic heterocycles. The van der Waals surface area contributed by atoms with Crippen LogP contribution in [0, 0.1) is 0 Å². The summed E-state index contributed by atoms with van der Waals surface area (Å²) >= 11 is 0. The van der Waals surface area contributed by atoms with Crippen molar-refractivity contribution in [1.82, 2.24) is 0 Å². The predicted octanol–water partition coefficient (Wildman–Crippen LogP) is 13.2. The lowest BCUT2D eigenvalue weighted by Crippen LogP contribution is -1.92. The summed E-state index contributed by atoms with van der Waals surface area (Å²) in [6.45, 7) is 0. The molecule has 1 heteroatoms. The van der Waals surface area contributed by atoms with Crippen molar-refractivity contribution in [2.24, 2.45) is 0 Å². The first-order valence-corrected chi connectivity index (χ1v) is 16.2. The van der Waals surface area contributed by atoms with Gasteiger partial charge in [0, 0.05) is 21.9 Å². The zero-order valence-electron chi connectivity index (χ0n) is 25.6.